The van der Waals surface area contributed by atoms with Crippen molar-refractivity contribution in [2.45, 2.75) is 105 Å². The number of benzene rings is 2. The van der Waals surface area contributed by atoms with Gasteiger partial charge >= 0.3 is 5.97 Å². The molecule has 3 aliphatic rings. The molecule has 0 spiro atoms. The molecule has 0 aliphatic carbocycles. The Morgan fingerprint density at radius 1 is 1.00 bits per heavy atom. The first kappa shape index (κ1) is 38.1. The van der Waals surface area contributed by atoms with E-state index in [1.165, 1.54) is 0 Å². The summed E-state index contributed by atoms with van der Waals surface area (Å²) in [7, 11) is 0. The monoisotopic (exact) mass is 692 g/mol. The standard InChI is InChI=1S/C33H37ClN4O4.C4H10O.C2H6/c1-21-16-26-23-8-7-9-24(17-23)28-20-30-35-22(2)25(18-31(39)40)32(38(30)36-28)37-12-10-33(3,11-13-37)42-15-6-4-5-14-41-29(26)19-27(21)34;1-4(2,3)5;1-2/h7-9,16-17,19-20H,4-6,10-15,18H2,1-3H3,(H,39,40);5H,1-3H3;1-2H3. The van der Waals surface area contributed by atoms with Gasteiger partial charge in [0, 0.05) is 53.2 Å². The number of ether oxygens (including phenoxy) is 2. The van der Waals surface area contributed by atoms with E-state index < -0.39 is 11.6 Å². The van der Waals surface area contributed by atoms with Gasteiger partial charge in [-0.05, 0) is 103 Å². The number of anilines is 1. The molecule has 2 aromatic carbocycles. The van der Waals surface area contributed by atoms with E-state index in [2.05, 4.69) is 30.0 Å². The average molecular weight is 693 g/mol. The number of aromatic nitrogens is 3. The molecule has 5 heterocycles. The lowest BCUT2D eigenvalue weighted by atomic mass is 9.92. The molecule has 266 valence electrons. The van der Waals surface area contributed by atoms with Crippen LogP contribution in [0.2, 0.25) is 5.02 Å². The second-order valence-corrected chi connectivity index (χ2v) is 14.3. The number of nitrogens with zero attached hydrogens (tertiary/aromatic N) is 4. The Hall–Kier alpha value is -3.66. The molecule has 9 nitrogen and oxygen atoms in total. The van der Waals surface area contributed by atoms with Gasteiger partial charge in [0.05, 0.1) is 29.9 Å². The predicted octanol–water partition coefficient (Wildman–Crippen LogP) is 8.70. The van der Waals surface area contributed by atoms with Gasteiger partial charge in [0.25, 0.3) is 0 Å². The number of fused-ring (bicyclic) bond motifs is 8. The lowest BCUT2D eigenvalue weighted by molar-refractivity contribution is -0.136. The quantitative estimate of drug-likeness (QED) is 0.215. The van der Waals surface area contributed by atoms with Gasteiger partial charge in [-0.3, -0.25) is 4.79 Å². The first-order valence-corrected chi connectivity index (χ1v) is 17.8. The van der Waals surface area contributed by atoms with Gasteiger partial charge in [-0.25, -0.2) is 4.98 Å². The van der Waals surface area contributed by atoms with Crippen LogP contribution in [0.3, 0.4) is 0 Å². The van der Waals surface area contributed by atoms with Crippen LogP contribution in [-0.2, 0) is 16.0 Å². The van der Waals surface area contributed by atoms with Gasteiger partial charge in [0.15, 0.2) is 5.65 Å². The summed E-state index contributed by atoms with van der Waals surface area (Å²) < 4.78 is 14.5. The lowest BCUT2D eigenvalue weighted by Gasteiger charge is -2.41. The van der Waals surface area contributed by atoms with Gasteiger partial charge < -0.3 is 24.6 Å². The van der Waals surface area contributed by atoms with Crippen LogP contribution in [0.4, 0.5) is 5.82 Å². The maximum atomic E-state index is 11.9. The third kappa shape index (κ3) is 9.96. The fourth-order valence-electron chi connectivity index (χ4n) is 6.03. The topological polar surface area (TPSA) is 109 Å². The average Bonchev–Trinajstić information content (AvgIpc) is 3.46. The molecule has 0 saturated carbocycles. The first-order chi connectivity index (χ1) is 23.2. The molecule has 1 fully saturated rings. The van der Waals surface area contributed by atoms with Gasteiger partial charge in [0.2, 0.25) is 0 Å². The molecule has 2 aromatic heterocycles. The largest absolute Gasteiger partial charge is 0.493 e. The lowest BCUT2D eigenvalue weighted by Crippen LogP contribution is -2.45. The number of rotatable bonds is 2. The molecule has 49 heavy (non-hydrogen) atoms. The van der Waals surface area contributed by atoms with Crippen molar-refractivity contribution in [3.8, 4) is 28.1 Å². The molecule has 10 heteroatoms. The number of aliphatic carboxylic acids is 1. The van der Waals surface area contributed by atoms with Crippen molar-refractivity contribution < 1.29 is 24.5 Å². The summed E-state index contributed by atoms with van der Waals surface area (Å²) in [6.07, 6.45) is 4.49. The summed E-state index contributed by atoms with van der Waals surface area (Å²) in [6.45, 7) is 18.1. The Morgan fingerprint density at radius 3 is 2.33 bits per heavy atom. The third-order valence-electron chi connectivity index (χ3n) is 8.56. The first-order valence-electron chi connectivity index (χ1n) is 17.5. The van der Waals surface area contributed by atoms with Crippen LogP contribution in [0.5, 0.6) is 5.75 Å². The van der Waals surface area contributed by atoms with Crippen molar-refractivity contribution in [2.75, 3.05) is 31.2 Å². The third-order valence-corrected chi connectivity index (χ3v) is 8.96. The highest BCUT2D eigenvalue weighted by Gasteiger charge is 2.33. The number of halogens is 1. The summed E-state index contributed by atoms with van der Waals surface area (Å²) in [6, 6.07) is 14.2. The molecule has 2 N–H and O–H groups in total. The summed E-state index contributed by atoms with van der Waals surface area (Å²) in [5.74, 6) is 0.685. The Balaban J connectivity index is 0.000000710. The molecule has 0 amide bonds. The highest BCUT2D eigenvalue weighted by Crippen LogP contribution is 2.38. The number of carbonyl (C=O) groups is 1. The van der Waals surface area contributed by atoms with Gasteiger partial charge in [-0.1, -0.05) is 43.6 Å². The van der Waals surface area contributed by atoms with Crippen molar-refractivity contribution >= 4 is 29.0 Å². The van der Waals surface area contributed by atoms with Crippen molar-refractivity contribution in [3.63, 3.8) is 0 Å². The fraction of sp³-hybridized carbons (Fsp3) is 0.513. The highest BCUT2D eigenvalue weighted by molar-refractivity contribution is 6.31. The number of aryl methyl sites for hydroxylation is 2. The Kier molecular flexibility index (Phi) is 12.7. The second kappa shape index (κ2) is 16.4. The number of carboxylic acid groups (broad SMARTS) is 1. The number of hydrogen-bond donors (Lipinski definition) is 2. The second-order valence-electron chi connectivity index (χ2n) is 13.9. The number of aliphatic hydroxyl groups is 1. The van der Waals surface area contributed by atoms with Crippen molar-refractivity contribution in [1.29, 1.82) is 0 Å². The Morgan fingerprint density at radius 2 is 1.65 bits per heavy atom. The number of carboxylic acids is 1. The van der Waals surface area contributed by atoms with Gasteiger partial charge in [-0.2, -0.15) is 9.61 Å². The molecular weight excluding hydrogens is 640 g/mol. The van der Waals surface area contributed by atoms with Crippen LogP contribution >= 0.6 is 11.6 Å². The molecule has 0 unspecified atom stereocenters. The smallest absolute Gasteiger partial charge is 0.308 e. The van der Waals surface area contributed by atoms with Crippen LogP contribution in [0.15, 0.2) is 42.5 Å². The molecule has 1 saturated heterocycles. The fourth-order valence-corrected chi connectivity index (χ4v) is 6.19. The molecule has 6 bridgehead atoms. The predicted molar refractivity (Wildman–Crippen MR) is 198 cm³/mol. The van der Waals surface area contributed by atoms with E-state index in [0.717, 1.165) is 84.7 Å². The van der Waals surface area contributed by atoms with Crippen molar-refractivity contribution in [1.82, 2.24) is 14.6 Å². The van der Waals surface area contributed by atoms with Crippen LogP contribution in [0, 0.1) is 13.8 Å². The van der Waals surface area contributed by atoms with Crippen LogP contribution in [0.25, 0.3) is 28.0 Å². The van der Waals surface area contributed by atoms with E-state index in [9.17, 15) is 9.90 Å². The van der Waals surface area contributed by atoms with E-state index in [1.54, 1.807) is 20.8 Å². The van der Waals surface area contributed by atoms with E-state index in [0.29, 0.717) is 35.1 Å². The van der Waals surface area contributed by atoms with Crippen LogP contribution in [0.1, 0.15) is 90.5 Å². The maximum absolute atomic E-state index is 11.9. The SMILES string of the molecule is CC.CC(C)(C)O.Cc1cc2c(cc1Cl)OCCCCCOC1(C)CCN(CC1)c1c(CC(=O)O)c(C)nc3cc(nn13)-c1cccc-2c1. The maximum Gasteiger partial charge on any atom is 0.308 e. The minimum atomic E-state index is -0.886. The number of hydrogen-bond acceptors (Lipinski definition) is 7. The molecule has 0 radical (unpaired) electrons. The van der Waals surface area contributed by atoms with E-state index in [1.807, 2.05) is 56.5 Å². The zero-order valence-corrected chi connectivity index (χ0v) is 31.2. The van der Waals surface area contributed by atoms with E-state index >= 15 is 0 Å². The Bertz CT molecular complexity index is 1730. The number of piperidine rings is 1. The van der Waals surface area contributed by atoms with Crippen LogP contribution in [-0.4, -0.2) is 68.3 Å². The summed E-state index contributed by atoms with van der Waals surface area (Å²) >= 11 is 6.52. The van der Waals surface area contributed by atoms with E-state index in [4.69, 9.17) is 36.3 Å². The molecule has 3 aliphatic heterocycles. The minimum absolute atomic E-state index is 0.113. The summed E-state index contributed by atoms with van der Waals surface area (Å²) in [5, 5.41) is 24.0. The zero-order valence-electron chi connectivity index (χ0n) is 30.4. The zero-order chi connectivity index (χ0) is 35.9. The highest BCUT2D eigenvalue weighted by atomic mass is 35.5. The molecule has 4 aromatic rings. The molecule has 7 rings (SSSR count). The molecular formula is C39H53ClN4O5. The van der Waals surface area contributed by atoms with E-state index in [-0.39, 0.29) is 12.0 Å². The molecule has 0 atom stereocenters. The summed E-state index contributed by atoms with van der Waals surface area (Å²) in [5.41, 5.74) is 6.06. The van der Waals surface area contributed by atoms with Crippen molar-refractivity contribution in [3.05, 3.63) is 64.3 Å². The normalized spacial score (nSPS) is 16.1. The Labute approximate surface area is 296 Å². The van der Waals surface area contributed by atoms with Gasteiger partial charge in [-0.15, -0.1) is 0 Å². The summed E-state index contributed by atoms with van der Waals surface area (Å²) in [4.78, 5) is 19.0. The minimum Gasteiger partial charge on any atom is -0.493 e. The van der Waals surface area contributed by atoms with Crippen LogP contribution < -0.4 is 9.64 Å². The van der Waals surface area contributed by atoms with Gasteiger partial charge in [0.1, 0.15) is 11.6 Å². The van der Waals surface area contributed by atoms with Crippen molar-refractivity contribution in [2.24, 2.45) is 0 Å².